The van der Waals surface area contributed by atoms with Gasteiger partial charge in [0.1, 0.15) is 11.9 Å². The minimum atomic E-state index is -4.50. The molecule has 0 aliphatic carbocycles. The third kappa shape index (κ3) is 7.98. The van der Waals surface area contributed by atoms with Gasteiger partial charge in [-0.2, -0.15) is 13.2 Å². The van der Waals surface area contributed by atoms with E-state index in [-0.39, 0.29) is 54.3 Å². The Morgan fingerprint density at radius 2 is 1.61 bits per heavy atom. The smallest absolute Gasteiger partial charge is 0.416 e. The Hall–Kier alpha value is -4.78. The van der Waals surface area contributed by atoms with Gasteiger partial charge in [0.15, 0.2) is 0 Å². The van der Waals surface area contributed by atoms with Gasteiger partial charge in [0, 0.05) is 36.6 Å². The van der Waals surface area contributed by atoms with E-state index in [1.54, 1.807) is 26.1 Å². The monoisotopic (exact) mass is 613 g/mol. The fraction of sp³-hybridized carbons (Fsp3) is 0.323. The molecule has 0 fully saturated rings. The number of nitrogens with zero attached hydrogens (tertiary/aromatic N) is 2. The lowest BCUT2D eigenvalue weighted by atomic mass is 9.99. The molecule has 4 rings (SSSR count). The van der Waals surface area contributed by atoms with Crippen LogP contribution in [-0.4, -0.2) is 71.8 Å². The zero-order chi connectivity index (χ0) is 32.0. The molecule has 0 bridgehead atoms. The molecule has 3 aromatic rings. The van der Waals surface area contributed by atoms with Crippen LogP contribution in [0.4, 0.5) is 39.8 Å². The first-order valence-electron chi connectivity index (χ1n) is 13.9. The molecule has 1 heterocycles. The summed E-state index contributed by atoms with van der Waals surface area (Å²) in [5, 5.41) is 17.8. The van der Waals surface area contributed by atoms with Crippen LogP contribution in [0.3, 0.4) is 0 Å². The second kappa shape index (κ2) is 13.7. The fourth-order valence-corrected chi connectivity index (χ4v) is 4.65. The molecule has 1 aliphatic rings. The topological polar surface area (TPSA) is 123 Å². The van der Waals surface area contributed by atoms with Crippen LogP contribution in [0.25, 0.3) is 0 Å². The number of amides is 5. The number of hydrogen-bond donors (Lipinski definition) is 4. The molecule has 1 aliphatic heterocycles. The van der Waals surface area contributed by atoms with Crippen molar-refractivity contribution in [3.63, 3.8) is 0 Å². The fourth-order valence-electron chi connectivity index (χ4n) is 4.65. The van der Waals surface area contributed by atoms with Crippen molar-refractivity contribution in [1.29, 1.82) is 0 Å². The predicted octanol–water partition coefficient (Wildman–Crippen LogP) is 5.73. The molecular formula is C31H34F3N5O5. The molecule has 3 aromatic carbocycles. The molecule has 0 unspecified atom stereocenters. The van der Waals surface area contributed by atoms with Crippen LogP contribution in [-0.2, 0) is 6.18 Å². The third-order valence-electron chi connectivity index (χ3n) is 7.22. The maximum atomic E-state index is 13.7. The number of rotatable bonds is 7. The minimum Gasteiger partial charge on any atom is -0.487 e. The molecule has 3 atom stereocenters. The van der Waals surface area contributed by atoms with Crippen molar-refractivity contribution in [3.8, 4) is 5.75 Å². The lowest BCUT2D eigenvalue weighted by molar-refractivity contribution is -0.137. The highest BCUT2D eigenvalue weighted by atomic mass is 19.4. The number of fused-ring (bicyclic) bond motifs is 1. The molecule has 0 spiro atoms. The summed E-state index contributed by atoms with van der Waals surface area (Å²) in [6.45, 7) is 3.73. The molecule has 44 heavy (non-hydrogen) atoms. The Morgan fingerprint density at radius 1 is 1.00 bits per heavy atom. The van der Waals surface area contributed by atoms with Gasteiger partial charge in [0.05, 0.1) is 30.3 Å². The number of urea groups is 2. The van der Waals surface area contributed by atoms with Gasteiger partial charge in [-0.05, 0) is 61.5 Å². The van der Waals surface area contributed by atoms with Crippen LogP contribution < -0.4 is 20.7 Å². The minimum absolute atomic E-state index is 0.130. The maximum absolute atomic E-state index is 13.7. The quantitative estimate of drug-likeness (QED) is 0.271. The highest BCUT2D eigenvalue weighted by Crippen LogP contribution is 2.32. The Labute approximate surface area is 252 Å². The normalized spacial score (nSPS) is 17.3. The summed E-state index contributed by atoms with van der Waals surface area (Å²) < 4.78 is 44.8. The van der Waals surface area contributed by atoms with E-state index >= 15 is 0 Å². The Kier molecular flexibility index (Phi) is 9.99. The molecule has 0 saturated heterocycles. The number of aliphatic hydroxyl groups excluding tert-OH is 1. The number of alkyl halides is 3. The summed E-state index contributed by atoms with van der Waals surface area (Å²) in [4.78, 5) is 42.2. The van der Waals surface area contributed by atoms with Crippen LogP contribution >= 0.6 is 0 Å². The molecule has 234 valence electrons. The van der Waals surface area contributed by atoms with E-state index in [1.807, 2.05) is 25.1 Å². The molecule has 5 amide bonds. The van der Waals surface area contributed by atoms with Gasteiger partial charge in [0.2, 0.25) is 0 Å². The molecule has 10 nitrogen and oxygen atoms in total. The average Bonchev–Trinajstić information content (AvgIpc) is 2.99. The largest absolute Gasteiger partial charge is 0.487 e. The summed E-state index contributed by atoms with van der Waals surface area (Å²) >= 11 is 0. The van der Waals surface area contributed by atoms with Gasteiger partial charge < -0.3 is 35.6 Å². The first-order chi connectivity index (χ1) is 20.8. The number of aliphatic hydroxyl groups is 1. The van der Waals surface area contributed by atoms with Gasteiger partial charge in [0.25, 0.3) is 5.91 Å². The lowest BCUT2D eigenvalue weighted by Crippen LogP contribution is -2.50. The van der Waals surface area contributed by atoms with E-state index < -0.39 is 35.8 Å². The number of carbonyl (C=O) groups is 3. The summed E-state index contributed by atoms with van der Waals surface area (Å²) in [6, 6.07) is 15.8. The molecular weight excluding hydrogens is 579 g/mol. The predicted molar refractivity (Wildman–Crippen MR) is 160 cm³/mol. The van der Waals surface area contributed by atoms with Crippen molar-refractivity contribution >= 4 is 35.0 Å². The second-order valence-electron chi connectivity index (χ2n) is 10.7. The third-order valence-corrected chi connectivity index (χ3v) is 7.22. The van der Waals surface area contributed by atoms with Crippen molar-refractivity contribution in [2.45, 2.75) is 32.2 Å². The number of nitrogens with one attached hydrogen (secondary N) is 3. The van der Waals surface area contributed by atoms with Crippen molar-refractivity contribution in [1.82, 2.24) is 9.80 Å². The second-order valence-corrected chi connectivity index (χ2v) is 10.7. The molecule has 13 heteroatoms. The standard InChI is InChI=1S/C31H34F3N5O5/c1-19-16-39(20(2)18-40)28(41)25-15-24(36-29(42)35-23-11-9-21(10-12-23)31(32,33)34)13-14-26(25)44-27(19)17-38(3)30(43)37-22-7-5-4-6-8-22/h4-15,19-20,27,40H,16-18H2,1-3H3,(H,37,43)(H2,35,36,42)/t19-,20-,27-/m0/s1. The van der Waals surface area contributed by atoms with Gasteiger partial charge in [-0.3, -0.25) is 4.79 Å². The highest BCUT2D eigenvalue weighted by Gasteiger charge is 2.34. The SMILES string of the molecule is C[C@H]1CN([C@@H](C)CO)C(=O)c2cc(NC(=O)Nc3ccc(C(F)(F)F)cc3)ccc2O[C@H]1CN(C)C(=O)Nc1ccccc1. The van der Waals surface area contributed by atoms with Crippen LogP contribution in [0.1, 0.15) is 29.8 Å². The van der Waals surface area contributed by atoms with E-state index in [4.69, 9.17) is 4.74 Å². The number of carbonyl (C=O) groups excluding carboxylic acids is 3. The van der Waals surface area contributed by atoms with Crippen molar-refractivity contribution in [3.05, 3.63) is 83.9 Å². The first kappa shape index (κ1) is 32.1. The summed E-state index contributed by atoms with van der Waals surface area (Å²) in [5.74, 6) is -0.429. The van der Waals surface area contributed by atoms with E-state index in [0.717, 1.165) is 24.3 Å². The number of ether oxygens (including phenoxy) is 1. The van der Waals surface area contributed by atoms with Crippen molar-refractivity contribution in [2.75, 3.05) is 42.7 Å². The number of benzene rings is 3. The van der Waals surface area contributed by atoms with Crippen LogP contribution in [0, 0.1) is 5.92 Å². The summed E-state index contributed by atoms with van der Waals surface area (Å²) in [5.41, 5.74) is 0.289. The first-order valence-corrected chi connectivity index (χ1v) is 13.9. The number of anilines is 3. The van der Waals surface area contributed by atoms with Gasteiger partial charge in [-0.15, -0.1) is 0 Å². The zero-order valence-electron chi connectivity index (χ0n) is 24.4. The van der Waals surface area contributed by atoms with Gasteiger partial charge in [-0.25, -0.2) is 9.59 Å². The van der Waals surface area contributed by atoms with Gasteiger partial charge >= 0.3 is 18.2 Å². The number of halogens is 3. The van der Waals surface area contributed by atoms with Crippen LogP contribution in [0.15, 0.2) is 72.8 Å². The van der Waals surface area contributed by atoms with E-state index in [1.165, 1.54) is 28.0 Å². The van der Waals surface area contributed by atoms with Crippen molar-refractivity contribution in [2.24, 2.45) is 5.92 Å². The number of para-hydroxylation sites is 1. The summed E-state index contributed by atoms with van der Waals surface area (Å²) in [7, 11) is 1.63. The Balaban J connectivity index is 1.53. The molecule has 4 N–H and O–H groups in total. The van der Waals surface area contributed by atoms with E-state index in [2.05, 4.69) is 16.0 Å². The maximum Gasteiger partial charge on any atom is 0.416 e. The Morgan fingerprint density at radius 3 is 2.25 bits per heavy atom. The van der Waals surface area contributed by atoms with E-state index in [9.17, 15) is 32.7 Å². The Bertz CT molecular complexity index is 1470. The average molecular weight is 614 g/mol. The van der Waals surface area contributed by atoms with Crippen LogP contribution in [0.2, 0.25) is 0 Å². The zero-order valence-corrected chi connectivity index (χ0v) is 24.4. The molecule has 0 aromatic heterocycles. The van der Waals surface area contributed by atoms with E-state index in [0.29, 0.717) is 5.69 Å². The molecule has 0 radical (unpaired) electrons. The number of hydrogen-bond acceptors (Lipinski definition) is 5. The number of likely N-dealkylation sites (N-methyl/N-ethyl adjacent to an activating group) is 1. The van der Waals surface area contributed by atoms with Gasteiger partial charge in [-0.1, -0.05) is 25.1 Å². The lowest BCUT2D eigenvalue weighted by Gasteiger charge is -2.38. The highest BCUT2D eigenvalue weighted by molar-refractivity contribution is 6.02. The van der Waals surface area contributed by atoms with Crippen molar-refractivity contribution < 1.29 is 37.4 Å². The molecule has 0 saturated carbocycles. The summed E-state index contributed by atoms with van der Waals surface area (Å²) in [6.07, 6.45) is -5.04. The van der Waals surface area contributed by atoms with Crippen LogP contribution in [0.5, 0.6) is 5.75 Å².